The van der Waals surface area contributed by atoms with Crippen LogP contribution < -0.4 is 14.4 Å². The highest BCUT2D eigenvalue weighted by Crippen LogP contribution is 2.39. The SMILES string of the molecule is CC(C)N1CCN(c2cccc3c2OCCO3)CC1. The number of hydrogen-bond acceptors (Lipinski definition) is 4. The van der Waals surface area contributed by atoms with Crippen molar-refractivity contribution in [2.75, 3.05) is 44.3 Å². The van der Waals surface area contributed by atoms with Crippen molar-refractivity contribution in [1.82, 2.24) is 4.90 Å². The van der Waals surface area contributed by atoms with Crippen LogP contribution in [0.15, 0.2) is 18.2 Å². The lowest BCUT2D eigenvalue weighted by molar-refractivity contribution is 0.170. The Morgan fingerprint density at radius 1 is 1.00 bits per heavy atom. The summed E-state index contributed by atoms with van der Waals surface area (Å²) in [7, 11) is 0. The first kappa shape index (κ1) is 12.6. The van der Waals surface area contributed by atoms with E-state index >= 15 is 0 Å². The van der Waals surface area contributed by atoms with Crippen LogP contribution in [0.2, 0.25) is 0 Å². The molecule has 4 heteroatoms. The minimum absolute atomic E-state index is 0.631. The first-order valence-electron chi connectivity index (χ1n) is 7.13. The van der Waals surface area contributed by atoms with Crippen molar-refractivity contribution in [1.29, 1.82) is 0 Å². The molecule has 0 spiro atoms. The minimum Gasteiger partial charge on any atom is -0.486 e. The Hall–Kier alpha value is -1.42. The second kappa shape index (κ2) is 5.29. The zero-order valence-electron chi connectivity index (χ0n) is 11.8. The lowest BCUT2D eigenvalue weighted by atomic mass is 10.2. The average molecular weight is 262 g/mol. The Kier molecular flexibility index (Phi) is 3.51. The van der Waals surface area contributed by atoms with Gasteiger partial charge in [0, 0.05) is 32.2 Å². The van der Waals surface area contributed by atoms with Crippen LogP contribution >= 0.6 is 0 Å². The van der Waals surface area contributed by atoms with E-state index in [1.165, 1.54) is 5.69 Å². The number of hydrogen-bond donors (Lipinski definition) is 0. The van der Waals surface area contributed by atoms with Crippen molar-refractivity contribution in [3.05, 3.63) is 18.2 Å². The molecule has 3 rings (SSSR count). The number of anilines is 1. The molecule has 0 saturated carbocycles. The van der Waals surface area contributed by atoms with Crippen LogP contribution in [0.25, 0.3) is 0 Å². The highest BCUT2D eigenvalue weighted by atomic mass is 16.6. The Morgan fingerprint density at radius 3 is 2.47 bits per heavy atom. The van der Waals surface area contributed by atoms with Gasteiger partial charge in [0.25, 0.3) is 0 Å². The highest BCUT2D eigenvalue weighted by Gasteiger charge is 2.24. The lowest BCUT2D eigenvalue weighted by Gasteiger charge is -2.39. The quantitative estimate of drug-likeness (QED) is 0.814. The maximum absolute atomic E-state index is 5.80. The van der Waals surface area contributed by atoms with Crippen molar-refractivity contribution >= 4 is 5.69 Å². The van der Waals surface area contributed by atoms with Gasteiger partial charge in [-0.3, -0.25) is 4.90 Å². The van der Waals surface area contributed by atoms with E-state index in [4.69, 9.17) is 9.47 Å². The summed E-state index contributed by atoms with van der Waals surface area (Å²) in [6, 6.07) is 6.81. The van der Waals surface area contributed by atoms with Gasteiger partial charge in [-0.05, 0) is 26.0 Å². The molecule has 2 aliphatic rings. The number of piperazine rings is 1. The molecule has 1 aromatic rings. The highest BCUT2D eigenvalue weighted by molar-refractivity contribution is 5.65. The Morgan fingerprint density at radius 2 is 1.74 bits per heavy atom. The third-order valence-corrected chi connectivity index (χ3v) is 3.93. The zero-order chi connectivity index (χ0) is 13.2. The molecule has 1 fully saturated rings. The van der Waals surface area contributed by atoms with Gasteiger partial charge in [-0.1, -0.05) is 6.07 Å². The molecule has 2 heterocycles. The van der Waals surface area contributed by atoms with Gasteiger partial charge in [-0.25, -0.2) is 0 Å². The van der Waals surface area contributed by atoms with E-state index in [0.29, 0.717) is 19.3 Å². The predicted octanol–water partition coefficient (Wildman–Crippen LogP) is 1.99. The molecule has 104 valence electrons. The summed E-state index contributed by atoms with van der Waals surface area (Å²) >= 11 is 0. The van der Waals surface area contributed by atoms with Crippen molar-refractivity contribution in [3.63, 3.8) is 0 Å². The molecule has 2 aliphatic heterocycles. The molecule has 19 heavy (non-hydrogen) atoms. The first-order valence-corrected chi connectivity index (χ1v) is 7.13. The fourth-order valence-corrected chi connectivity index (χ4v) is 2.79. The summed E-state index contributed by atoms with van der Waals surface area (Å²) in [5.41, 5.74) is 1.18. The third-order valence-electron chi connectivity index (χ3n) is 3.93. The minimum atomic E-state index is 0.631. The largest absolute Gasteiger partial charge is 0.486 e. The van der Waals surface area contributed by atoms with Crippen molar-refractivity contribution in [2.45, 2.75) is 19.9 Å². The summed E-state index contributed by atoms with van der Waals surface area (Å²) in [6.45, 7) is 10.2. The number of para-hydroxylation sites is 1. The number of ether oxygens (including phenoxy) is 2. The second-order valence-corrected chi connectivity index (χ2v) is 5.42. The Bertz CT molecular complexity index is 440. The third kappa shape index (κ3) is 2.50. The molecule has 0 N–H and O–H groups in total. The smallest absolute Gasteiger partial charge is 0.184 e. The topological polar surface area (TPSA) is 24.9 Å². The van der Waals surface area contributed by atoms with E-state index in [1.807, 2.05) is 6.07 Å². The van der Waals surface area contributed by atoms with Gasteiger partial charge in [0.1, 0.15) is 13.2 Å². The van der Waals surface area contributed by atoms with Crippen LogP contribution in [0.3, 0.4) is 0 Å². The molecular formula is C15H22N2O2. The number of fused-ring (bicyclic) bond motifs is 1. The van der Waals surface area contributed by atoms with Gasteiger partial charge in [-0.2, -0.15) is 0 Å². The number of rotatable bonds is 2. The Labute approximate surface area is 114 Å². The summed E-state index contributed by atoms with van der Waals surface area (Å²) in [5.74, 6) is 1.81. The first-order chi connectivity index (χ1) is 9.25. The van der Waals surface area contributed by atoms with Gasteiger partial charge in [0.05, 0.1) is 5.69 Å². The van der Waals surface area contributed by atoms with Crippen LogP contribution in [-0.2, 0) is 0 Å². The van der Waals surface area contributed by atoms with Gasteiger partial charge in [0.15, 0.2) is 11.5 Å². The molecule has 0 aliphatic carbocycles. The number of benzene rings is 1. The summed E-state index contributed by atoms with van der Waals surface area (Å²) in [5, 5.41) is 0. The molecule has 1 aromatic carbocycles. The molecule has 0 amide bonds. The van der Waals surface area contributed by atoms with E-state index in [0.717, 1.165) is 37.7 Å². The van der Waals surface area contributed by atoms with Crippen molar-refractivity contribution < 1.29 is 9.47 Å². The molecule has 4 nitrogen and oxygen atoms in total. The molecule has 1 saturated heterocycles. The predicted molar refractivity (Wildman–Crippen MR) is 76.4 cm³/mol. The zero-order valence-corrected chi connectivity index (χ0v) is 11.8. The van der Waals surface area contributed by atoms with Gasteiger partial charge in [0.2, 0.25) is 0 Å². The summed E-state index contributed by atoms with van der Waals surface area (Å²) in [6.07, 6.45) is 0. The van der Waals surface area contributed by atoms with E-state index in [2.05, 4.69) is 35.8 Å². The van der Waals surface area contributed by atoms with Crippen molar-refractivity contribution in [3.8, 4) is 11.5 Å². The van der Waals surface area contributed by atoms with Gasteiger partial charge in [-0.15, -0.1) is 0 Å². The fourth-order valence-electron chi connectivity index (χ4n) is 2.79. The van der Waals surface area contributed by atoms with E-state index in [1.54, 1.807) is 0 Å². The average Bonchev–Trinajstić information content (AvgIpc) is 2.47. The summed E-state index contributed by atoms with van der Waals surface area (Å²) in [4.78, 5) is 4.93. The standard InChI is InChI=1S/C15H22N2O2/c1-12(2)16-6-8-17(9-7-16)13-4-3-5-14-15(13)19-11-10-18-14/h3-5,12H,6-11H2,1-2H3. The van der Waals surface area contributed by atoms with E-state index < -0.39 is 0 Å². The van der Waals surface area contributed by atoms with E-state index in [-0.39, 0.29) is 0 Å². The van der Waals surface area contributed by atoms with Crippen LogP contribution in [0.4, 0.5) is 5.69 Å². The Balaban J connectivity index is 1.77. The monoisotopic (exact) mass is 262 g/mol. The molecule has 0 atom stereocenters. The molecule has 0 aromatic heterocycles. The van der Waals surface area contributed by atoms with Gasteiger partial charge < -0.3 is 14.4 Å². The van der Waals surface area contributed by atoms with Crippen molar-refractivity contribution in [2.24, 2.45) is 0 Å². The molecule has 0 bridgehead atoms. The molecule has 0 radical (unpaired) electrons. The summed E-state index contributed by atoms with van der Waals surface area (Å²) < 4.78 is 11.5. The maximum Gasteiger partial charge on any atom is 0.184 e. The fraction of sp³-hybridized carbons (Fsp3) is 0.600. The van der Waals surface area contributed by atoms with Crippen LogP contribution in [0, 0.1) is 0 Å². The van der Waals surface area contributed by atoms with Crippen LogP contribution in [0.1, 0.15) is 13.8 Å². The number of nitrogens with zero attached hydrogens (tertiary/aromatic N) is 2. The van der Waals surface area contributed by atoms with E-state index in [9.17, 15) is 0 Å². The molecular weight excluding hydrogens is 240 g/mol. The second-order valence-electron chi connectivity index (χ2n) is 5.42. The lowest BCUT2D eigenvalue weighted by Crippen LogP contribution is -2.49. The normalized spacial score (nSPS) is 19.8. The maximum atomic E-state index is 5.80. The van der Waals surface area contributed by atoms with Crippen LogP contribution in [-0.4, -0.2) is 50.3 Å². The van der Waals surface area contributed by atoms with Gasteiger partial charge >= 0.3 is 0 Å². The molecule has 0 unspecified atom stereocenters. The van der Waals surface area contributed by atoms with Crippen LogP contribution in [0.5, 0.6) is 11.5 Å².